The molecule has 0 fully saturated rings. The van der Waals surface area contributed by atoms with E-state index in [1.807, 2.05) is 61.5 Å². The highest BCUT2D eigenvalue weighted by atomic mass is 19.3. The topological polar surface area (TPSA) is 136 Å². The fraction of sp³-hybridized carbons (Fsp3) is 0.257. The van der Waals surface area contributed by atoms with Gasteiger partial charge in [-0.3, -0.25) is 4.57 Å². The number of benzene rings is 3. The van der Waals surface area contributed by atoms with Crippen LogP contribution in [0.15, 0.2) is 88.5 Å². The van der Waals surface area contributed by atoms with Gasteiger partial charge in [-0.05, 0) is 59.0 Å². The summed E-state index contributed by atoms with van der Waals surface area (Å²) in [4.78, 5) is 36.0. The number of fused-ring (bicyclic) bond motifs is 1. The molecular formula is C35H34F2N6O5. The van der Waals surface area contributed by atoms with Crippen molar-refractivity contribution in [3.05, 3.63) is 139 Å². The van der Waals surface area contributed by atoms with Crippen molar-refractivity contribution < 1.29 is 23.0 Å². The molecule has 248 valence electrons. The Morgan fingerprint density at radius 2 is 1.67 bits per heavy atom. The van der Waals surface area contributed by atoms with E-state index in [0.717, 1.165) is 39.0 Å². The summed E-state index contributed by atoms with van der Waals surface area (Å²) in [7, 11) is 0. The van der Waals surface area contributed by atoms with E-state index in [1.165, 1.54) is 16.7 Å². The van der Waals surface area contributed by atoms with Gasteiger partial charge in [0.15, 0.2) is 0 Å². The molecule has 0 atom stereocenters. The Bertz CT molecular complexity index is 2020. The van der Waals surface area contributed by atoms with Gasteiger partial charge in [0, 0.05) is 24.2 Å². The van der Waals surface area contributed by atoms with Crippen LogP contribution in [0, 0.1) is 6.92 Å². The molecule has 13 heteroatoms. The standard InChI is InChI=1S/C35H34F2N6O5/c1-22-15-27(21-46-20-24-5-3-2-4-6-24)29(31(38)40-22)17-39-33-41-34(44)43(19-25-9-12-30-26(16-25)13-14-47-30)35(45)42(33)18-23-7-10-28(11-8-23)48-32(36)37/h2-12,15-16,32H,13-14,17-21H2,1H3,(H2,38,40)(H,39,41,44). The number of nitrogens with two attached hydrogens (primary N) is 1. The SMILES string of the molecule is Cc1cc(COCc2ccccc2)c(CNc2nc(=O)n(Cc3ccc4c(c3)CCO4)c(=O)n2Cc2ccc(OC(F)F)cc2)c(N)n1. The molecule has 2 aromatic heterocycles. The smallest absolute Gasteiger partial charge is 0.387 e. The number of halogens is 2. The number of hydrogen-bond donors (Lipinski definition) is 2. The predicted molar refractivity (Wildman–Crippen MR) is 175 cm³/mol. The number of alkyl halides is 2. The Morgan fingerprint density at radius 3 is 2.44 bits per heavy atom. The van der Waals surface area contributed by atoms with Gasteiger partial charge in [0.2, 0.25) is 5.95 Å². The third-order valence-electron chi connectivity index (χ3n) is 7.90. The van der Waals surface area contributed by atoms with Crippen LogP contribution < -0.4 is 31.9 Å². The second-order valence-corrected chi connectivity index (χ2v) is 11.4. The number of hydrogen-bond acceptors (Lipinski definition) is 9. The molecule has 6 rings (SSSR count). The van der Waals surface area contributed by atoms with Gasteiger partial charge < -0.3 is 25.3 Å². The number of pyridine rings is 1. The number of aryl methyl sites for hydroxylation is 1. The monoisotopic (exact) mass is 656 g/mol. The van der Waals surface area contributed by atoms with Crippen LogP contribution in [0.4, 0.5) is 20.5 Å². The van der Waals surface area contributed by atoms with Gasteiger partial charge in [0.05, 0.1) is 32.9 Å². The second kappa shape index (κ2) is 14.5. The molecule has 0 aliphatic carbocycles. The lowest BCUT2D eigenvalue weighted by molar-refractivity contribution is -0.0498. The van der Waals surface area contributed by atoms with Gasteiger partial charge in [-0.15, -0.1) is 0 Å². The predicted octanol–water partition coefficient (Wildman–Crippen LogP) is 4.65. The van der Waals surface area contributed by atoms with Crippen molar-refractivity contribution in [1.82, 2.24) is 19.1 Å². The largest absolute Gasteiger partial charge is 0.493 e. The van der Waals surface area contributed by atoms with Crippen LogP contribution in [0.3, 0.4) is 0 Å². The molecule has 0 saturated heterocycles. The Balaban J connectivity index is 1.30. The molecule has 0 bridgehead atoms. The average molecular weight is 657 g/mol. The number of nitrogen functional groups attached to an aromatic ring is 1. The highest BCUT2D eigenvalue weighted by Crippen LogP contribution is 2.26. The average Bonchev–Trinajstić information content (AvgIpc) is 3.53. The molecule has 0 unspecified atom stereocenters. The lowest BCUT2D eigenvalue weighted by Crippen LogP contribution is -2.43. The Morgan fingerprint density at radius 1 is 0.917 bits per heavy atom. The van der Waals surface area contributed by atoms with Crippen molar-refractivity contribution in [3.63, 3.8) is 0 Å². The number of ether oxygens (including phenoxy) is 3. The van der Waals surface area contributed by atoms with Crippen molar-refractivity contribution in [2.24, 2.45) is 0 Å². The van der Waals surface area contributed by atoms with Crippen LogP contribution in [-0.4, -0.2) is 32.3 Å². The number of aromatic nitrogens is 4. The first kappa shape index (κ1) is 32.4. The molecule has 1 aliphatic rings. The molecule has 0 saturated carbocycles. The van der Waals surface area contributed by atoms with E-state index in [0.29, 0.717) is 30.0 Å². The Kier molecular flexibility index (Phi) is 9.76. The van der Waals surface area contributed by atoms with Gasteiger partial charge in [0.1, 0.15) is 17.3 Å². The maximum atomic E-state index is 14.0. The minimum atomic E-state index is -2.97. The Hall–Kier alpha value is -5.56. The fourth-order valence-corrected chi connectivity index (χ4v) is 5.57. The van der Waals surface area contributed by atoms with E-state index in [-0.39, 0.29) is 43.8 Å². The summed E-state index contributed by atoms with van der Waals surface area (Å²) in [6.07, 6.45) is 0.741. The van der Waals surface area contributed by atoms with Gasteiger partial charge in [-0.2, -0.15) is 13.8 Å². The van der Waals surface area contributed by atoms with Crippen molar-refractivity contribution in [1.29, 1.82) is 0 Å². The molecule has 3 N–H and O–H groups in total. The van der Waals surface area contributed by atoms with Crippen LogP contribution in [0.2, 0.25) is 0 Å². The van der Waals surface area contributed by atoms with E-state index in [1.54, 1.807) is 12.1 Å². The zero-order valence-electron chi connectivity index (χ0n) is 26.2. The summed E-state index contributed by atoms with van der Waals surface area (Å²) in [5.41, 5.74) is 10.5. The number of nitrogens with one attached hydrogen (secondary N) is 1. The molecule has 1 aliphatic heterocycles. The Labute approximate surface area is 274 Å². The molecule has 3 aromatic carbocycles. The van der Waals surface area contributed by atoms with Gasteiger partial charge in [-0.1, -0.05) is 54.6 Å². The molecule has 3 heterocycles. The molecule has 0 radical (unpaired) electrons. The van der Waals surface area contributed by atoms with E-state index in [9.17, 15) is 18.4 Å². The zero-order chi connectivity index (χ0) is 33.6. The summed E-state index contributed by atoms with van der Waals surface area (Å²) in [5, 5.41) is 3.13. The van der Waals surface area contributed by atoms with Crippen molar-refractivity contribution in [2.75, 3.05) is 17.7 Å². The summed E-state index contributed by atoms with van der Waals surface area (Å²) < 4.78 is 43.8. The van der Waals surface area contributed by atoms with Crippen molar-refractivity contribution in [2.45, 2.75) is 52.8 Å². The third-order valence-corrected chi connectivity index (χ3v) is 7.90. The van der Waals surface area contributed by atoms with Gasteiger partial charge >= 0.3 is 18.0 Å². The lowest BCUT2D eigenvalue weighted by Gasteiger charge is -2.18. The molecule has 5 aromatic rings. The minimum absolute atomic E-state index is 0.00285. The molecular weight excluding hydrogens is 622 g/mol. The maximum Gasteiger partial charge on any atom is 0.387 e. The highest BCUT2D eigenvalue weighted by Gasteiger charge is 2.18. The van der Waals surface area contributed by atoms with E-state index in [4.69, 9.17) is 15.2 Å². The van der Waals surface area contributed by atoms with Crippen LogP contribution in [0.25, 0.3) is 0 Å². The number of nitrogens with zero attached hydrogens (tertiary/aromatic N) is 4. The molecule has 48 heavy (non-hydrogen) atoms. The molecule has 0 spiro atoms. The fourth-order valence-electron chi connectivity index (χ4n) is 5.57. The van der Waals surface area contributed by atoms with Gasteiger partial charge in [0.25, 0.3) is 0 Å². The first-order valence-electron chi connectivity index (χ1n) is 15.3. The van der Waals surface area contributed by atoms with Crippen LogP contribution in [0.5, 0.6) is 11.5 Å². The third kappa shape index (κ3) is 7.69. The normalized spacial score (nSPS) is 12.2. The van der Waals surface area contributed by atoms with Crippen LogP contribution >= 0.6 is 0 Å². The quantitative estimate of drug-likeness (QED) is 0.186. The summed E-state index contributed by atoms with van der Waals surface area (Å²) >= 11 is 0. The first-order valence-corrected chi connectivity index (χ1v) is 15.3. The highest BCUT2D eigenvalue weighted by molar-refractivity contribution is 5.48. The minimum Gasteiger partial charge on any atom is -0.493 e. The van der Waals surface area contributed by atoms with Crippen LogP contribution in [0.1, 0.15) is 39.1 Å². The van der Waals surface area contributed by atoms with Gasteiger partial charge in [-0.25, -0.2) is 19.1 Å². The number of rotatable bonds is 13. The van der Waals surface area contributed by atoms with Crippen LogP contribution in [-0.2, 0) is 44.0 Å². The summed E-state index contributed by atoms with van der Waals surface area (Å²) in [6, 6.07) is 23.1. The maximum absolute atomic E-state index is 14.0. The summed E-state index contributed by atoms with van der Waals surface area (Å²) in [6.45, 7) is 0.158. The van der Waals surface area contributed by atoms with E-state index < -0.39 is 18.0 Å². The number of anilines is 2. The zero-order valence-corrected chi connectivity index (χ0v) is 26.2. The van der Waals surface area contributed by atoms with Crippen molar-refractivity contribution in [3.8, 4) is 11.5 Å². The first-order chi connectivity index (χ1) is 23.2. The van der Waals surface area contributed by atoms with E-state index in [2.05, 4.69) is 20.0 Å². The van der Waals surface area contributed by atoms with Crippen molar-refractivity contribution >= 4 is 11.8 Å². The molecule has 11 nitrogen and oxygen atoms in total. The second-order valence-electron chi connectivity index (χ2n) is 11.4. The lowest BCUT2D eigenvalue weighted by atomic mass is 10.1. The van der Waals surface area contributed by atoms with E-state index >= 15 is 0 Å². The summed E-state index contributed by atoms with van der Waals surface area (Å²) in [5.74, 6) is 1.05. The molecule has 0 amide bonds.